The molecule has 18 heavy (non-hydrogen) atoms. The van der Waals surface area contributed by atoms with E-state index < -0.39 is 0 Å². The first-order valence-electron chi connectivity index (χ1n) is 7.01. The summed E-state index contributed by atoms with van der Waals surface area (Å²) >= 11 is 0. The van der Waals surface area contributed by atoms with Crippen LogP contribution in [0.1, 0.15) is 45.4 Å². The molecule has 0 aromatic rings. The molecular formula is C15H21NO2. The number of rotatable bonds is 1. The number of carbonyl (C=O) groups excluding carboxylic acids is 1. The monoisotopic (exact) mass is 247 g/mol. The van der Waals surface area contributed by atoms with Gasteiger partial charge in [0.15, 0.2) is 0 Å². The molecule has 3 heterocycles. The summed E-state index contributed by atoms with van der Waals surface area (Å²) in [6.45, 7) is 2.05. The predicted molar refractivity (Wildman–Crippen MR) is 69.9 cm³/mol. The number of nitrogens with zero attached hydrogens (tertiary/aromatic N) is 1. The second kappa shape index (κ2) is 4.45. The lowest BCUT2D eigenvalue weighted by atomic mass is 9.81. The molecule has 3 nitrogen and oxygen atoms in total. The van der Waals surface area contributed by atoms with Crippen molar-refractivity contribution in [3.63, 3.8) is 0 Å². The van der Waals surface area contributed by atoms with E-state index in [0.29, 0.717) is 12.1 Å². The summed E-state index contributed by atoms with van der Waals surface area (Å²) in [5, 5.41) is 0. The molecule has 0 aliphatic carbocycles. The van der Waals surface area contributed by atoms with Crippen molar-refractivity contribution in [3.05, 3.63) is 22.9 Å². The van der Waals surface area contributed by atoms with Crippen molar-refractivity contribution in [1.82, 2.24) is 4.90 Å². The first-order chi connectivity index (χ1) is 8.72. The summed E-state index contributed by atoms with van der Waals surface area (Å²) in [5.74, 6) is -0.163. The summed E-state index contributed by atoms with van der Waals surface area (Å²) in [7, 11) is 1.48. The van der Waals surface area contributed by atoms with Gasteiger partial charge in [0.2, 0.25) is 0 Å². The second-order valence-corrected chi connectivity index (χ2v) is 5.61. The van der Waals surface area contributed by atoms with Crippen molar-refractivity contribution in [3.8, 4) is 0 Å². The summed E-state index contributed by atoms with van der Waals surface area (Å²) in [4.78, 5) is 14.5. The average Bonchev–Trinajstić information content (AvgIpc) is 2.38. The van der Waals surface area contributed by atoms with E-state index in [0.717, 1.165) is 17.6 Å². The van der Waals surface area contributed by atoms with Crippen LogP contribution in [0.25, 0.3) is 0 Å². The zero-order chi connectivity index (χ0) is 12.7. The van der Waals surface area contributed by atoms with Crippen LogP contribution in [0.2, 0.25) is 0 Å². The van der Waals surface area contributed by atoms with E-state index in [2.05, 4.69) is 17.9 Å². The number of methoxy groups -OCH3 is 1. The Morgan fingerprint density at radius 2 is 2.11 bits per heavy atom. The Morgan fingerprint density at radius 1 is 1.33 bits per heavy atom. The third-order valence-corrected chi connectivity index (χ3v) is 4.57. The van der Waals surface area contributed by atoms with E-state index in [4.69, 9.17) is 4.74 Å². The van der Waals surface area contributed by atoms with Gasteiger partial charge in [-0.3, -0.25) is 0 Å². The molecule has 3 rings (SSSR count). The summed E-state index contributed by atoms with van der Waals surface area (Å²) in [6.07, 6.45) is 9.61. The zero-order valence-corrected chi connectivity index (χ0v) is 11.2. The molecule has 0 radical (unpaired) electrons. The van der Waals surface area contributed by atoms with Crippen molar-refractivity contribution < 1.29 is 9.53 Å². The molecule has 0 saturated carbocycles. The lowest BCUT2D eigenvalue weighted by Gasteiger charge is -2.49. The number of carbonyl (C=O) groups is 1. The molecule has 0 bridgehead atoms. The second-order valence-electron chi connectivity index (χ2n) is 5.61. The standard InChI is InChI=1S/C15H21NO2/c1-10-9-12-7-3-5-11-6-4-8-13(16(11)12)14(10)15(17)18-2/h9,11-12H,3-8H2,1-2H3/t11-,12-/m0/s1. The van der Waals surface area contributed by atoms with Gasteiger partial charge < -0.3 is 9.64 Å². The van der Waals surface area contributed by atoms with Crippen LogP contribution in [0.15, 0.2) is 22.9 Å². The van der Waals surface area contributed by atoms with Crippen LogP contribution in [0, 0.1) is 0 Å². The van der Waals surface area contributed by atoms with E-state index in [1.165, 1.54) is 44.9 Å². The van der Waals surface area contributed by atoms with Crippen molar-refractivity contribution in [2.45, 2.75) is 57.5 Å². The van der Waals surface area contributed by atoms with Crippen molar-refractivity contribution in [1.29, 1.82) is 0 Å². The Morgan fingerprint density at radius 3 is 2.89 bits per heavy atom. The van der Waals surface area contributed by atoms with Gasteiger partial charge in [0.1, 0.15) is 0 Å². The number of hydrogen-bond acceptors (Lipinski definition) is 3. The number of ether oxygens (including phenoxy) is 1. The number of allylic oxidation sites excluding steroid dienone is 1. The highest BCUT2D eigenvalue weighted by molar-refractivity contribution is 5.94. The maximum Gasteiger partial charge on any atom is 0.339 e. The fourth-order valence-electron chi connectivity index (χ4n) is 3.85. The Labute approximate surface area is 108 Å². The SMILES string of the molecule is COC(=O)C1=C2CCC[C@@H]3CCC[C@@H](C=C1C)N23. The van der Waals surface area contributed by atoms with Crippen molar-refractivity contribution in [2.75, 3.05) is 7.11 Å². The maximum atomic E-state index is 12.0. The molecule has 0 N–H and O–H groups in total. The molecule has 3 heteroatoms. The molecule has 3 aliphatic heterocycles. The average molecular weight is 247 g/mol. The quantitative estimate of drug-likeness (QED) is 0.667. The first kappa shape index (κ1) is 11.8. The van der Waals surface area contributed by atoms with Crippen LogP contribution in [0.4, 0.5) is 0 Å². The first-order valence-corrected chi connectivity index (χ1v) is 7.01. The lowest BCUT2D eigenvalue weighted by Crippen LogP contribution is -2.49. The minimum atomic E-state index is -0.163. The molecule has 0 unspecified atom stereocenters. The van der Waals surface area contributed by atoms with Gasteiger partial charge in [-0.25, -0.2) is 4.79 Å². The van der Waals surface area contributed by atoms with Crippen LogP contribution in [0.5, 0.6) is 0 Å². The van der Waals surface area contributed by atoms with Gasteiger partial charge >= 0.3 is 5.97 Å². The molecular weight excluding hydrogens is 226 g/mol. The highest BCUT2D eigenvalue weighted by Crippen LogP contribution is 2.42. The lowest BCUT2D eigenvalue weighted by molar-refractivity contribution is -0.136. The topological polar surface area (TPSA) is 29.5 Å². The summed E-state index contributed by atoms with van der Waals surface area (Å²) in [5.41, 5.74) is 3.20. The van der Waals surface area contributed by atoms with Crippen LogP contribution in [-0.2, 0) is 9.53 Å². The molecule has 98 valence electrons. The highest BCUT2D eigenvalue weighted by Gasteiger charge is 2.39. The Hall–Kier alpha value is -1.25. The molecule has 2 atom stereocenters. The Kier molecular flexibility index (Phi) is 2.92. The van der Waals surface area contributed by atoms with Crippen LogP contribution >= 0.6 is 0 Å². The van der Waals surface area contributed by atoms with E-state index >= 15 is 0 Å². The molecule has 2 saturated heterocycles. The molecule has 0 amide bonds. The van der Waals surface area contributed by atoms with Crippen LogP contribution in [0.3, 0.4) is 0 Å². The van der Waals surface area contributed by atoms with Crippen molar-refractivity contribution in [2.24, 2.45) is 0 Å². The molecule has 3 aliphatic rings. The maximum absolute atomic E-state index is 12.0. The number of esters is 1. The van der Waals surface area contributed by atoms with Crippen LogP contribution < -0.4 is 0 Å². The van der Waals surface area contributed by atoms with E-state index in [1.54, 1.807) is 0 Å². The summed E-state index contributed by atoms with van der Waals surface area (Å²) < 4.78 is 4.97. The Balaban J connectivity index is 2.05. The highest BCUT2D eigenvalue weighted by atomic mass is 16.5. The molecule has 0 spiro atoms. The predicted octanol–water partition coefficient (Wildman–Crippen LogP) is 2.78. The minimum absolute atomic E-state index is 0.163. The van der Waals surface area contributed by atoms with E-state index in [9.17, 15) is 4.79 Å². The van der Waals surface area contributed by atoms with Gasteiger partial charge in [0, 0.05) is 17.8 Å². The van der Waals surface area contributed by atoms with Gasteiger partial charge in [-0.2, -0.15) is 0 Å². The number of hydrogen-bond donors (Lipinski definition) is 0. The minimum Gasteiger partial charge on any atom is -0.465 e. The van der Waals surface area contributed by atoms with Gasteiger partial charge in [0.05, 0.1) is 12.7 Å². The van der Waals surface area contributed by atoms with Gasteiger partial charge in [-0.15, -0.1) is 0 Å². The van der Waals surface area contributed by atoms with Gasteiger partial charge in [0.25, 0.3) is 0 Å². The van der Waals surface area contributed by atoms with Gasteiger partial charge in [-0.05, 0) is 51.0 Å². The molecule has 0 aromatic carbocycles. The van der Waals surface area contributed by atoms with Crippen LogP contribution in [-0.4, -0.2) is 30.1 Å². The largest absolute Gasteiger partial charge is 0.465 e. The van der Waals surface area contributed by atoms with Gasteiger partial charge in [-0.1, -0.05) is 6.08 Å². The third-order valence-electron chi connectivity index (χ3n) is 4.57. The molecule has 0 aromatic heterocycles. The third kappa shape index (κ3) is 1.68. The fraction of sp³-hybridized carbons (Fsp3) is 0.667. The Bertz CT molecular complexity index is 434. The fourth-order valence-corrected chi connectivity index (χ4v) is 3.85. The molecule has 2 fully saturated rings. The number of piperidine rings is 2. The van der Waals surface area contributed by atoms with Crippen molar-refractivity contribution >= 4 is 5.97 Å². The normalized spacial score (nSPS) is 30.8. The van der Waals surface area contributed by atoms with E-state index in [-0.39, 0.29) is 5.97 Å². The summed E-state index contributed by atoms with van der Waals surface area (Å²) in [6, 6.07) is 1.17. The van der Waals surface area contributed by atoms with E-state index in [1.807, 2.05) is 0 Å². The smallest absolute Gasteiger partial charge is 0.339 e. The zero-order valence-electron chi connectivity index (χ0n) is 11.2.